The van der Waals surface area contributed by atoms with Crippen LogP contribution in [0.25, 0.3) is 0 Å². The number of rotatable bonds is 2. The van der Waals surface area contributed by atoms with Crippen molar-refractivity contribution in [1.82, 2.24) is 4.31 Å². The van der Waals surface area contributed by atoms with Gasteiger partial charge in [0.05, 0.1) is 11.9 Å². The van der Waals surface area contributed by atoms with E-state index < -0.39 is 10.0 Å². The summed E-state index contributed by atoms with van der Waals surface area (Å²) in [5.74, 6) is 0.661. The lowest BCUT2D eigenvalue weighted by atomic mass is 10.1. The van der Waals surface area contributed by atoms with Crippen LogP contribution in [0.5, 0.6) is 0 Å². The molecule has 0 spiro atoms. The maximum atomic E-state index is 11.7. The fraction of sp³-hybridized carbons (Fsp3) is 1.00. The summed E-state index contributed by atoms with van der Waals surface area (Å²) in [6.45, 7) is 3.11. The van der Waals surface area contributed by atoms with E-state index in [0.29, 0.717) is 13.1 Å². The summed E-state index contributed by atoms with van der Waals surface area (Å²) in [5, 5.41) is 9.66. The topological polar surface area (TPSA) is 57.6 Å². The molecular weight excluding hydrogens is 214 g/mol. The molecule has 3 atom stereocenters. The van der Waals surface area contributed by atoms with Gasteiger partial charge in [-0.15, -0.1) is 0 Å². The number of aliphatic hydroxyl groups excluding tert-OH is 1. The van der Waals surface area contributed by atoms with Gasteiger partial charge in [0, 0.05) is 13.1 Å². The van der Waals surface area contributed by atoms with Gasteiger partial charge in [0.15, 0.2) is 0 Å². The minimum absolute atomic E-state index is 0.157. The van der Waals surface area contributed by atoms with Crippen LogP contribution in [0.4, 0.5) is 0 Å². The minimum atomic E-state index is -3.02. The fourth-order valence-corrected chi connectivity index (χ4v) is 4.59. The van der Waals surface area contributed by atoms with E-state index in [-0.39, 0.29) is 23.7 Å². The summed E-state index contributed by atoms with van der Waals surface area (Å²) in [6.07, 6.45) is 2.52. The van der Waals surface area contributed by atoms with E-state index >= 15 is 0 Å². The van der Waals surface area contributed by atoms with Crippen LogP contribution < -0.4 is 0 Å². The van der Waals surface area contributed by atoms with Gasteiger partial charge in [0.1, 0.15) is 0 Å². The Balaban J connectivity index is 2.00. The first-order valence-corrected chi connectivity index (χ1v) is 7.26. The average molecular weight is 233 g/mol. The molecule has 1 aliphatic heterocycles. The average Bonchev–Trinajstić information content (AvgIpc) is 2.59. The third-order valence-corrected chi connectivity index (χ3v) is 5.54. The Morgan fingerprint density at radius 1 is 1.40 bits per heavy atom. The normalized spacial score (nSPS) is 41.1. The van der Waals surface area contributed by atoms with Crippen molar-refractivity contribution in [2.24, 2.45) is 11.8 Å². The van der Waals surface area contributed by atoms with Gasteiger partial charge >= 0.3 is 0 Å². The molecular formula is C10H19NO3S. The van der Waals surface area contributed by atoms with Crippen LogP contribution in [0.3, 0.4) is 0 Å². The predicted molar refractivity (Wildman–Crippen MR) is 57.9 cm³/mol. The summed E-state index contributed by atoms with van der Waals surface area (Å²) in [6, 6.07) is 0. The molecule has 2 fully saturated rings. The highest BCUT2D eigenvalue weighted by molar-refractivity contribution is 7.89. The lowest BCUT2D eigenvalue weighted by Crippen LogP contribution is -2.34. The molecule has 0 aromatic rings. The van der Waals surface area contributed by atoms with E-state index in [1.807, 2.05) is 6.92 Å². The second-order valence-corrected chi connectivity index (χ2v) is 6.97. The third-order valence-electron chi connectivity index (χ3n) is 3.46. The molecule has 3 unspecified atom stereocenters. The number of nitrogens with zero attached hydrogens (tertiary/aromatic N) is 1. The van der Waals surface area contributed by atoms with Gasteiger partial charge in [0.2, 0.25) is 10.0 Å². The number of hydrogen-bond donors (Lipinski definition) is 1. The van der Waals surface area contributed by atoms with Crippen molar-refractivity contribution in [3.8, 4) is 0 Å². The molecule has 0 radical (unpaired) electrons. The molecule has 88 valence electrons. The monoisotopic (exact) mass is 233 g/mol. The SMILES string of the molecule is CC1CN(CC2CCCC2O)S(=O)(=O)C1. The zero-order valence-electron chi connectivity index (χ0n) is 9.09. The zero-order chi connectivity index (χ0) is 11.1. The Morgan fingerprint density at radius 2 is 2.13 bits per heavy atom. The van der Waals surface area contributed by atoms with Crippen molar-refractivity contribution < 1.29 is 13.5 Å². The van der Waals surface area contributed by atoms with Gasteiger partial charge in [-0.2, -0.15) is 0 Å². The first-order valence-electron chi connectivity index (χ1n) is 5.65. The largest absolute Gasteiger partial charge is 0.393 e. The molecule has 1 N–H and O–H groups in total. The van der Waals surface area contributed by atoms with Crippen LogP contribution in [0.2, 0.25) is 0 Å². The van der Waals surface area contributed by atoms with E-state index in [4.69, 9.17) is 0 Å². The highest BCUT2D eigenvalue weighted by atomic mass is 32.2. The summed E-state index contributed by atoms with van der Waals surface area (Å²) in [7, 11) is -3.02. The summed E-state index contributed by atoms with van der Waals surface area (Å²) >= 11 is 0. The molecule has 1 saturated carbocycles. The minimum Gasteiger partial charge on any atom is -0.393 e. The standard InChI is InChI=1S/C10H19NO3S/c1-8-5-11(15(13,14)7-8)6-9-3-2-4-10(9)12/h8-10,12H,2-7H2,1H3. The second-order valence-electron chi connectivity index (χ2n) is 4.96. The Kier molecular flexibility index (Phi) is 3.05. The van der Waals surface area contributed by atoms with Gasteiger partial charge in [-0.25, -0.2) is 12.7 Å². The molecule has 5 heteroatoms. The maximum Gasteiger partial charge on any atom is 0.214 e. The van der Waals surface area contributed by atoms with Crippen molar-refractivity contribution >= 4 is 10.0 Å². The number of sulfonamides is 1. The molecule has 0 amide bonds. The van der Waals surface area contributed by atoms with E-state index in [1.54, 1.807) is 4.31 Å². The summed E-state index contributed by atoms with van der Waals surface area (Å²) in [4.78, 5) is 0. The first kappa shape index (κ1) is 11.4. The van der Waals surface area contributed by atoms with Crippen molar-refractivity contribution in [2.75, 3.05) is 18.8 Å². The Morgan fingerprint density at radius 3 is 2.60 bits per heavy atom. The van der Waals surface area contributed by atoms with Gasteiger partial charge in [-0.1, -0.05) is 13.3 Å². The fourth-order valence-electron chi connectivity index (χ4n) is 2.66. The van der Waals surface area contributed by atoms with Crippen LogP contribution in [0, 0.1) is 11.8 Å². The molecule has 4 nitrogen and oxygen atoms in total. The smallest absolute Gasteiger partial charge is 0.214 e. The highest BCUT2D eigenvalue weighted by Gasteiger charge is 2.37. The van der Waals surface area contributed by atoms with E-state index in [9.17, 15) is 13.5 Å². The highest BCUT2D eigenvalue weighted by Crippen LogP contribution is 2.29. The number of aliphatic hydroxyl groups is 1. The molecule has 1 saturated heterocycles. The first-order chi connectivity index (χ1) is 6.99. The molecule has 1 heterocycles. The molecule has 0 aromatic carbocycles. The van der Waals surface area contributed by atoms with Gasteiger partial charge in [0.25, 0.3) is 0 Å². The van der Waals surface area contributed by atoms with Gasteiger partial charge in [-0.3, -0.25) is 0 Å². The van der Waals surface area contributed by atoms with Crippen LogP contribution in [-0.2, 0) is 10.0 Å². The Labute approximate surface area is 91.3 Å². The van der Waals surface area contributed by atoms with Crippen molar-refractivity contribution in [1.29, 1.82) is 0 Å². The molecule has 0 aromatic heterocycles. The molecule has 2 aliphatic rings. The quantitative estimate of drug-likeness (QED) is 0.752. The summed E-state index contributed by atoms with van der Waals surface area (Å²) in [5.41, 5.74) is 0. The molecule has 0 bridgehead atoms. The predicted octanol–water partition coefficient (Wildman–Crippen LogP) is 0.429. The van der Waals surface area contributed by atoms with Crippen LogP contribution >= 0.6 is 0 Å². The second kappa shape index (κ2) is 4.03. The lowest BCUT2D eigenvalue weighted by Gasteiger charge is -2.21. The zero-order valence-corrected chi connectivity index (χ0v) is 9.91. The van der Waals surface area contributed by atoms with Crippen LogP contribution in [0.1, 0.15) is 26.2 Å². The van der Waals surface area contributed by atoms with Gasteiger partial charge in [-0.05, 0) is 24.7 Å². The van der Waals surface area contributed by atoms with Crippen molar-refractivity contribution in [3.05, 3.63) is 0 Å². The van der Waals surface area contributed by atoms with E-state index in [1.165, 1.54) is 0 Å². The summed E-state index contributed by atoms with van der Waals surface area (Å²) < 4.78 is 25.0. The van der Waals surface area contributed by atoms with E-state index in [2.05, 4.69) is 0 Å². The van der Waals surface area contributed by atoms with Crippen LogP contribution in [-0.4, -0.2) is 42.8 Å². The number of hydrogen-bond acceptors (Lipinski definition) is 3. The molecule has 1 aliphatic carbocycles. The maximum absolute atomic E-state index is 11.7. The van der Waals surface area contributed by atoms with E-state index in [0.717, 1.165) is 19.3 Å². The Hall–Kier alpha value is -0.130. The third kappa shape index (κ3) is 2.34. The van der Waals surface area contributed by atoms with Crippen molar-refractivity contribution in [3.63, 3.8) is 0 Å². The van der Waals surface area contributed by atoms with Crippen LogP contribution in [0.15, 0.2) is 0 Å². The molecule has 2 rings (SSSR count). The van der Waals surface area contributed by atoms with Crippen molar-refractivity contribution in [2.45, 2.75) is 32.3 Å². The van der Waals surface area contributed by atoms with Gasteiger partial charge < -0.3 is 5.11 Å². The Bertz CT molecular complexity index is 328. The lowest BCUT2D eigenvalue weighted by molar-refractivity contribution is 0.120. The molecule has 15 heavy (non-hydrogen) atoms.